The molecule has 0 N–H and O–H groups in total. The summed E-state index contributed by atoms with van der Waals surface area (Å²) in [7, 11) is 0. The number of carbonyl (C=O) groups excluding carboxylic acids is 3. The van der Waals surface area contributed by atoms with Crippen LogP contribution in [0.25, 0.3) is 0 Å². The minimum Gasteiger partial charge on any atom is -0.336 e. The second kappa shape index (κ2) is 7.47. The number of nitrogens with zero attached hydrogens (tertiary/aromatic N) is 2. The first-order valence-corrected chi connectivity index (χ1v) is 10.3. The molecule has 2 aliphatic heterocycles. The van der Waals surface area contributed by atoms with Crippen LogP contribution in [0.2, 0.25) is 0 Å². The summed E-state index contributed by atoms with van der Waals surface area (Å²) in [5, 5.41) is 0. The van der Waals surface area contributed by atoms with Gasteiger partial charge in [-0.3, -0.25) is 14.4 Å². The van der Waals surface area contributed by atoms with Crippen molar-refractivity contribution in [2.45, 2.75) is 52.5 Å². The molecule has 29 heavy (non-hydrogen) atoms. The lowest BCUT2D eigenvalue weighted by molar-refractivity contribution is 0.0607. The SMILES string of the molecule is CCC1CCCCN1C(=O)c1ccc2c(c1)C(=O)N(c1cc(C)ccc1C)C2=O. The monoisotopic (exact) mass is 390 g/mol. The molecule has 1 saturated heterocycles. The zero-order valence-corrected chi connectivity index (χ0v) is 17.2. The molecule has 2 aromatic rings. The topological polar surface area (TPSA) is 57.7 Å². The zero-order valence-electron chi connectivity index (χ0n) is 17.2. The van der Waals surface area contributed by atoms with Crippen LogP contribution >= 0.6 is 0 Å². The molecule has 0 saturated carbocycles. The number of anilines is 1. The standard InChI is InChI=1S/C24H26N2O3/c1-4-18-7-5-6-12-25(18)22(27)17-10-11-19-20(14-17)24(29)26(23(19)28)21-13-15(2)8-9-16(21)3/h8-11,13-14,18H,4-7,12H2,1-3H3. The Morgan fingerprint density at radius 3 is 2.52 bits per heavy atom. The number of rotatable bonds is 3. The molecule has 2 heterocycles. The molecule has 0 aromatic heterocycles. The Morgan fingerprint density at radius 2 is 1.76 bits per heavy atom. The smallest absolute Gasteiger partial charge is 0.266 e. The second-order valence-electron chi connectivity index (χ2n) is 8.05. The van der Waals surface area contributed by atoms with Crippen molar-refractivity contribution < 1.29 is 14.4 Å². The molecule has 1 atom stereocenters. The van der Waals surface area contributed by atoms with Gasteiger partial charge >= 0.3 is 0 Å². The number of carbonyl (C=O) groups is 3. The zero-order chi connectivity index (χ0) is 20.7. The highest BCUT2D eigenvalue weighted by Crippen LogP contribution is 2.32. The molecule has 0 bridgehead atoms. The number of hydrogen-bond acceptors (Lipinski definition) is 3. The van der Waals surface area contributed by atoms with E-state index in [1.807, 2.05) is 36.9 Å². The van der Waals surface area contributed by atoms with Crippen LogP contribution in [-0.4, -0.2) is 35.2 Å². The third-order valence-corrected chi connectivity index (χ3v) is 6.10. The number of aryl methyl sites for hydroxylation is 2. The molecule has 0 spiro atoms. The Bertz CT molecular complexity index is 1010. The highest BCUT2D eigenvalue weighted by molar-refractivity contribution is 6.35. The number of piperidine rings is 1. The molecular weight excluding hydrogens is 364 g/mol. The molecule has 3 amide bonds. The quantitative estimate of drug-likeness (QED) is 0.725. The van der Waals surface area contributed by atoms with E-state index in [4.69, 9.17) is 0 Å². The van der Waals surface area contributed by atoms with Gasteiger partial charge in [0.25, 0.3) is 17.7 Å². The van der Waals surface area contributed by atoms with E-state index in [2.05, 4.69) is 6.92 Å². The lowest BCUT2D eigenvalue weighted by atomic mass is 9.98. The highest BCUT2D eigenvalue weighted by Gasteiger charge is 2.38. The first kappa shape index (κ1) is 19.4. The van der Waals surface area contributed by atoms with Gasteiger partial charge in [0, 0.05) is 18.2 Å². The summed E-state index contributed by atoms with van der Waals surface area (Å²) in [5.74, 6) is -0.745. The van der Waals surface area contributed by atoms with Crippen molar-refractivity contribution >= 4 is 23.4 Å². The number of fused-ring (bicyclic) bond motifs is 1. The normalized spacial score (nSPS) is 18.9. The molecule has 1 fully saturated rings. The summed E-state index contributed by atoms with van der Waals surface area (Å²) >= 11 is 0. The van der Waals surface area contributed by atoms with E-state index in [1.54, 1.807) is 18.2 Å². The van der Waals surface area contributed by atoms with Crippen molar-refractivity contribution in [1.82, 2.24) is 4.90 Å². The van der Waals surface area contributed by atoms with Crippen LogP contribution in [-0.2, 0) is 0 Å². The lowest BCUT2D eigenvalue weighted by Gasteiger charge is -2.35. The van der Waals surface area contributed by atoms with E-state index in [-0.39, 0.29) is 23.8 Å². The van der Waals surface area contributed by atoms with Crippen LogP contribution in [0.3, 0.4) is 0 Å². The minimum absolute atomic E-state index is 0.0511. The lowest BCUT2D eigenvalue weighted by Crippen LogP contribution is -2.43. The number of likely N-dealkylation sites (tertiary alicyclic amines) is 1. The van der Waals surface area contributed by atoms with Crippen LogP contribution in [0.1, 0.15) is 74.8 Å². The van der Waals surface area contributed by atoms with Crippen LogP contribution < -0.4 is 4.90 Å². The fourth-order valence-electron chi connectivity index (χ4n) is 4.41. The van der Waals surface area contributed by atoms with E-state index in [0.717, 1.165) is 43.4 Å². The van der Waals surface area contributed by atoms with E-state index in [1.165, 1.54) is 4.90 Å². The average Bonchev–Trinajstić information content (AvgIpc) is 2.99. The Balaban J connectivity index is 1.68. The molecule has 2 aromatic carbocycles. The molecule has 0 radical (unpaired) electrons. The van der Waals surface area contributed by atoms with Crippen molar-refractivity contribution in [1.29, 1.82) is 0 Å². The molecule has 1 unspecified atom stereocenters. The molecule has 4 rings (SSSR count). The van der Waals surface area contributed by atoms with E-state index in [9.17, 15) is 14.4 Å². The summed E-state index contributed by atoms with van der Waals surface area (Å²) in [5.41, 5.74) is 3.60. The summed E-state index contributed by atoms with van der Waals surface area (Å²) in [6.45, 7) is 6.66. The summed E-state index contributed by atoms with van der Waals surface area (Å²) in [6, 6.07) is 10.9. The molecule has 2 aliphatic rings. The molecular formula is C24H26N2O3. The Hall–Kier alpha value is -2.95. The fourth-order valence-corrected chi connectivity index (χ4v) is 4.41. The Morgan fingerprint density at radius 1 is 1.00 bits per heavy atom. The maximum atomic E-state index is 13.1. The molecule has 150 valence electrons. The van der Waals surface area contributed by atoms with Gasteiger partial charge in [-0.15, -0.1) is 0 Å². The van der Waals surface area contributed by atoms with Gasteiger partial charge in [-0.25, -0.2) is 4.90 Å². The summed E-state index contributed by atoms with van der Waals surface area (Å²) in [4.78, 5) is 42.4. The van der Waals surface area contributed by atoms with Crippen molar-refractivity contribution in [2.75, 3.05) is 11.4 Å². The van der Waals surface area contributed by atoms with Gasteiger partial charge < -0.3 is 4.90 Å². The van der Waals surface area contributed by atoms with E-state index >= 15 is 0 Å². The number of hydrogen-bond donors (Lipinski definition) is 0. The molecule has 5 nitrogen and oxygen atoms in total. The van der Waals surface area contributed by atoms with Crippen LogP contribution in [0, 0.1) is 13.8 Å². The van der Waals surface area contributed by atoms with Crippen molar-refractivity contribution in [3.63, 3.8) is 0 Å². The van der Waals surface area contributed by atoms with Crippen LogP contribution in [0.4, 0.5) is 5.69 Å². The maximum absolute atomic E-state index is 13.1. The third kappa shape index (κ3) is 3.24. The van der Waals surface area contributed by atoms with Crippen molar-refractivity contribution in [3.05, 3.63) is 64.2 Å². The molecule has 5 heteroatoms. The first-order valence-electron chi connectivity index (χ1n) is 10.3. The van der Waals surface area contributed by atoms with Crippen LogP contribution in [0.5, 0.6) is 0 Å². The van der Waals surface area contributed by atoms with E-state index in [0.29, 0.717) is 22.4 Å². The molecule has 0 aliphatic carbocycles. The predicted molar refractivity (Wildman–Crippen MR) is 112 cm³/mol. The average molecular weight is 390 g/mol. The minimum atomic E-state index is -0.362. The van der Waals surface area contributed by atoms with Gasteiger partial charge in [-0.1, -0.05) is 19.1 Å². The number of amides is 3. The largest absolute Gasteiger partial charge is 0.336 e. The van der Waals surface area contributed by atoms with Gasteiger partial charge in [-0.2, -0.15) is 0 Å². The van der Waals surface area contributed by atoms with Crippen LogP contribution in [0.15, 0.2) is 36.4 Å². The maximum Gasteiger partial charge on any atom is 0.266 e. The van der Waals surface area contributed by atoms with Gasteiger partial charge in [-0.05, 0) is 74.9 Å². The predicted octanol–water partition coefficient (Wildman–Crippen LogP) is 4.51. The Kier molecular flexibility index (Phi) is 4.99. The fraction of sp³-hybridized carbons (Fsp3) is 0.375. The van der Waals surface area contributed by atoms with Gasteiger partial charge in [0.15, 0.2) is 0 Å². The number of imide groups is 1. The van der Waals surface area contributed by atoms with E-state index < -0.39 is 0 Å². The summed E-state index contributed by atoms with van der Waals surface area (Å²) in [6.07, 6.45) is 4.09. The Labute approximate surface area is 171 Å². The number of benzene rings is 2. The second-order valence-corrected chi connectivity index (χ2v) is 8.05. The summed E-state index contributed by atoms with van der Waals surface area (Å²) < 4.78 is 0. The van der Waals surface area contributed by atoms with Gasteiger partial charge in [0.1, 0.15) is 0 Å². The van der Waals surface area contributed by atoms with Gasteiger partial charge in [0.05, 0.1) is 16.8 Å². The third-order valence-electron chi connectivity index (χ3n) is 6.10. The van der Waals surface area contributed by atoms with Crippen molar-refractivity contribution in [3.8, 4) is 0 Å². The highest BCUT2D eigenvalue weighted by atomic mass is 16.2. The van der Waals surface area contributed by atoms with Crippen molar-refractivity contribution in [2.24, 2.45) is 0 Å². The first-order chi connectivity index (χ1) is 13.9. The van der Waals surface area contributed by atoms with Gasteiger partial charge in [0.2, 0.25) is 0 Å².